The number of nitrogens with one attached hydrogen (secondary N) is 1. The summed E-state index contributed by atoms with van der Waals surface area (Å²) in [5.41, 5.74) is 0.975. The van der Waals surface area contributed by atoms with Crippen LogP contribution in [0, 0.1) is 11.7 Å². The number of hydrogen-bond acceptors (Lipinski definition) is 2. The fourth-order valence-corrected chi connectivity index (χ4v) is 3.71. The summed E-state index contributed by atoms with van der Waals surface area (Å²) in [7, 11) is 0. The summed E-state index contributed by atoms with van der Waals surface area (Å²) >= 11 is 0. The molecule has 2 heterocycles. The van der Waals surface area contributed by atoms with Crippen LogP contribution >= 0.6 is 12.4 Å². The van der Waals surface area contributed by atoms with Crippen molar-refractivity contribution in [2.75, 3.05) is 26.2 Å². The van der Waals surface area contributed by atoms with Crippen LogP contribution in [-0.4, -0.2) is 37.0 Å². The largest absolute Gasteiger partial charge is 0.338 e. The number of rotatable bonds is 2. The zero-order valence-corrected chi connectivity index (χ0v) is 14.5. The van der Waals surface area contributed by atoms with Gasteiger partial charge in [0.15, 0.2) is 0 Å². The molecule has 0 aliphatic carbocycles. The number of nitrogens with zero attached hydrogens (tertiary/aromatic N) is 1. The van der Waals surface area contributed by atoms with E-state index in [-0.39, 0.29) is 35.6 Å². The molecule has 1 atom stereocenters. The molecule has 0 radical (unpaired) electrons. The first-order chi connectivity index (χ1) is 10.7. The number of carbonyl (C=O) groups is 1. The monoisotopic (exact) mass is 340 g/mol. The van der Waals surface area contributed by atoms with Gasteiger partial charge in [-0.1, -0.05) is 19.1 Å². The molecule has 1 unspecified atom stereocenters. The van der Waals surface area contributed by atoms with Crippen molar-refractivity contribution in [1.29, 1.82) is 0 Å². The van der Waals surface area contributed by atoms with E-state index in [1.165, 1.54) is 0 Å². The molecule has 2 saturated heterocycles. The molecule has 2 aliphatic heterocycles. The third-order valence-electron chi connectivity index (χ3n) is 4.98. The van der Waals surface area contributed by atoms with Gasteiger partial charge in [0.05, 0.1) is 5.56 Å². The maximum absolute atomic E-state index is 14.9. The zero-order valence-electron chi connectivity index (χ0n) is 13.7. The molecular weight excluding hydrogens is 315 g/mol. The van der Waals surface area contributed by atoms with Crippen LogP contribution in [0.25, 0.3) is 0 Å². The van der Waals surface area contributed by atoms with E-state index in [2.05, 4.69) is 12.2 Å². The molecule has 1 amide bonds. The van der Waals surface area contributed by atoms with Gasteiger partial charge in [0.2, 0.25) is 0 Å². The second-order valence-corrected chi connectivity index (χ2v) is 6.73. The van der Waals surface area contributed by atoms with Crippen LogP contribution in [0.4, 0.5) is 4.39 Å². The van der Waals surface area contributed by atoms with E-state index in [1.54, 1.807) is 6.07 Å². The van der Waals surface area contributed by atoms with E-state index in [9.17, 15) is 9.18 Å². The SMILES string of the molecule is CC1CCCN(C(=O)c2cccc(C3CCNCC3)c2F)C1.Cl. The summed E-state index contributed by atoms with van der Waals surface area (Å²) in [5.74, 6) is 0.306. The molecule has 0 saturated carbocycles. The number of benzene rings is 1. The fraction of sp³-hybridized carbons (Fsp3) is 0.611. The van der Waals surface area contributed by atoms with E-state index >= 15 is 0 Å². The molecule has 3 nitrogen and oxygen atoms in total. The van der Waals surface area contributed by atoms with Crippen molar-refractivity contribution in [3.63, 3.8) is 0 Å². The second kappa shape index (κ2) is 8.11. The highest BCUT2D eigenvalue weighted by atomic mass is 35.5. The highest BCUT2D eigenvalue weighted by Gasteiger charge is 2.27. The van der Waals surface area contributed by atoms with Crippen LogP contribution in [-0.2, 0) is 0 Å². The number of hydrogen-bond donors (Lipinski definition) is 1. The van der Waals surface area contributed by atoms with Crippen molar-refractivity contribution in [2.45, 2.75) is 38.5 Å². The Kier molecular flexibility index (Phi) is 6.42. The standard InChI is InChI=1S/C18H25FN2O.ClH/c1-13-4-3-11-21(12-13)18(22)16-6-2-5-15(17(16)19)14-7-9-20-10-8-14;/h2,5-6,13-14,20H,3-4,7-12H2,1H3;1H. The Morgan fingerprint density at radius 2 is 2.00 bits per heavy atom. The van der Waals surface area contributed by atoms with E-state index in [0.717, 1.165) is 57.4 Å². The van der Waals surface area contributed by atoms with Gasteiger partial charge in [0.1, 0.15) is 5.82 Å². The third-order valence-corrected chi connectivity index (χ3v) is 4.98. The van der Waals surface area contributed by atoms with E-state index in [4.69, 9.17) is 0 Å². The fourth-order valence-electron chi connectivity index (χ4n) is 3.71. The van der Waals surface area contributed by atoms with Crippen LogP contribution in [0.3, 0.4) is 0 Å². The lowest BCUT2D eigenvalue weighted by Crippen LogP contribution is -2.39. The predicted octanol–water partition coefficient (Wildman–Crippen LogP) is 3.59. The van der Waals surface area contributed by atoms with Crippen molar-refractivity contribution in [3.8, 4) is 0 Å². The summed E-state index contributed by atoms with van der Waals surface area (Å²) in [6.45, 7) is 5.50. The van der Waals surface area contributed by atoms with Crippen LogP contribution in [0.5, 0.6) is 0 Å². The van der Waals surface area contributed by atoms with Crippen molar-refractivity contribution in [2.24, 2.45) is 5.92 Å². The Morgan fingerprint density at radius 1 is 1.26 bits per heavy atom. The normalized spacial score (nSPS) is 22.5. The van der Waals surface area contributed by atoms with Crippen LogP contribution in [0.1, 0.15) is 54.4 Å². The Labute approximate surface area is 144 Å². The van der Waals surface area contributed by atoms with Crippen LogP contribution in [0.2, 0.25) is 0 Å². The predicted molar refractivity (Wildman–Crippen MR) is 92.8 cm³/mol. The van der Waals surface area contributed by atoms with Gasteiger partial charge in [-0.15, -0.1) is 12.4 Å². The molecule has 5 heteroatoms. The molecule has 0 aromatic heterocycles. The highest BCUT2D eigenvalue weighted by Crippen LogP contribution is 2.29. The lowest BCUT2D eigenvalue weighted by atomic mass is 9.88. The number of likely N-dealkylation sites (tertiary alicyclic amines) is 1. The van der Waals surface area contributed by atoms with Crippen molar-refractivity contribution < 1.29 is 9.18 Å². The maximum atomic E-state index is 14.9. The van der Waals surface area contributed by atoms with E-state index in [0.29, 0.717) is 5.92 Å². The average Bonchev–Trinajstić information content (AvgIpc) is 2.55. The van der Waals surface area contributed by atoms with Crippen LogP contribution in [0.15, 0.2) is 18.2 Å². The van der Waals surface area contributed by atoms with Gasteiger partial charge in [0.25, 0.3) is 5.91 Å². The minimum Gasteiger partial charge on any atom is -0.338 e. The number of piperidine rings is 2. The molecule has 128 valence electrons. The van der Waals surface area contributed by atoms with Crippen molar-refractivity contribution >= 4 is 18.3 Å². The minimum atomic E-state index is -0.294. The van der Waals surface area contributed by atoms with Crippen molar-refractivity contribution in [3.05, 3.63) is 35.1 Å². The number of halogens is 2. The van der Waals surface area contributed by atoms with Gasteiger partial charge >= 0.3 is 0 Å². The molecule has 3 rings (SSSR count). The highest BCUT2D eigenvalue weighted by molar-refractivity contribution is 5.94. The van der Waals surface area contributed by atoms with E-state index < -0.39 is 0 Å². The molecule has 1 aromatic carbocycles. The summed E-state index contributed by atoms with van der Waals surface area (Å²) in [6.07, 6.45) is 4.05. The quantitative estimate of drug-likeness (QED) is 0.892. The number of carbonyl (C=O) groups excluding carboxylic acids is 1. The lowest BCUT2D eigenvalue weighted by Gasteiger charge is -2.31. The summed E-state index contributed by atoms with van der Waals surface area (Å²) in [6, 6.07) is 5.32. The topological polar surface area (TPSA) is 32.3 Å². The summed E-state index contributed by atoms with van der Waals surface area (Å²) in [4.78, 5) is 14.5. The van der Waals surface area contributed by atoms with Gasteiger partial charge in [-0.2, -0.15) is 0 Å². The van der Waals surface area contributed by atoms with E-state index in [1.807, 2.05) is 17.0 Å². The van der Waals surface area contributed by atoms with Gasteiger partial charge < -0.3 is 10.2 Å². The molecule has 23 heavy (non-hydrogen) atoms. The molecular formula is C18H26ClFN2O. The molecule has 0 bridgehead atoms. The number of amides is 1. The van der Waals surface area contributed by atoms with Gasteiger partial charge in [-0.05, 0) is 62.2 Å². The zero-order chi connectivity index (χ0) is 15.5. The lowest BCUT2D eigenvalue weighted by molar-refractivity contribution is 0.0678. The molecule has 2 fully saturated rings. The summed E-state index contributed by atoms with van der Waals surface area (Å²) < 4.78 is 14.9. The Morgan fingerprint density at radius 3 is 2.70 bits per heavy atom. The molecule has 1 N–H and O–H groups in total. The molecule has 0 spiro atoms. The average molecular weight is 341 g/mol. The van der Waals surface area contributed by atoms with Crippen molar-refractivity contribution in [1.82, 2.24) is 10.2 Å². The molecule has 2 aliphatic rings. The summed E-state index contributed by atoms with van der Waals surface area (Å²) in [5, 5.41) is 3.30. The van der Waals surface area contributed by atoms with Gasteiger partial charge in [-0.25, -0.2) is 4.39 Å². The van der Waals surface area contributed by atoms with Gasteiger partial charge in [-0.3, -0.25) is 4.79 Å². The Bertz CT molecular complexity index is 546. The molecule has 1 aromatic rings. The third kappa shape index (κ3) is 4.04. The first kappa shape index (κ1) is 18.2. The Balaban J connectivity index is 0.00000192. The first-order valence-electron chi connectivity index (χ1n) is 8.45. The minimum absolute atomic E-state index is 0. The van der Waals surface area contributed by atoms with Crippen LogP contribution < -0.4 is 5.32 Å². The first-order valence-corrected chi connectivity index (χ1v) is 8.45. The Hall–Kier alpha value is -1.13. The smallest absolute Gasteiger partial charge is 0.256 e. The maximum Gasteiger partial charge on any atom is 0.256 e. The van der Waals surface area contributed by atoms with Gasteiger partial charge in [0, 0.05) is 13.1 Å². The second-order valence-electron chi connectivity index (χ2n) is 6.73.